The van der Waals surface area contributed by atoms with Crippen molar-refractivity contribution >= 4 is 5.97 Å². The van der Waals surface area contributed by atoms with Gasteiger partial charge in [0, 0.05) is 0 Å². The van der Waals surface area contributed by atoms with Crippen molar-refractivity contribution in [3.63, 3.8) is 0 Å². The SMILES string of the molecule is CCCCCC1CCC(C(=O)Oc2cccc(F)c2C#N)CC1. The summed E-state index contributed by atoms with van der Waals surface area (Å²) in [6.07, 6.45) is 8.79. The number of ether oxygens (including phenoxy) is 1. The Hall–Kier alpha value is -1.89. The fourth-order valence-electron chi connectivity index (χ4n) is 3.26. The van der Waals surface area contributed by atoms with E-state index < -0.39 is 5.82 Å². The third kappa shape index (κ3) is 4.79. The highest BCUT2D eigenvalue weighted by atomic mass is 19.1. The molecular formula is C19H24FNO2. The maximum absolute atomic E-state index is 13.5. The second-order valence-electron chi connectivity index (χ2n) is 6.36. The van der Waals surface area contributed by atoms with Crippen LogP contribution in [0.25, 0.3) is 0 Å². The van der Waals surface area contributed by atoms with Crippen LogP contribution in [0.15, 0.2) is 18.2 Å². The smallest absolute Gasteiger partial charge is 0.314 e. The first-order valence-corrected chi connectivity index (χ1v) is 8.56. The van der Waals surface area contributed by atoms with Gasteiger partial charge in [0.2, 0.25) is 0 Å². The van der Waals surface area contributed by atoms with Crippen molar-refractivity contribution in [1.82, 2.24) is 0 Å². The molecule has 0 heterocycles. The average molecular weight is 317 g/mol. The molecule has 1 fully saturated rings. The molecule has 0 unspecified atom stereocenters. The molecule has 1 aliphatic rings. The van der Waals surface area contributed by atoms with Crippen LogP contribution in [0.4, 0.5) is 4.39 Å². The summed E-state index contributed by atoms with van der Waals surface area (Å²) in [4.78, 5) is 12.3. The summed E-state index contributed by atoms with van der Waals surface area (Å²) < 4.78 is 18.8. The molecule has 0 atom stereocenters. The van der Waals surface area contributed by atoms with E-state index in [1.54, 1.807) is 6.07 Å². The summed E-state index contributed by atoms with van der Waals surface area (Å²) >= 11 is 0. The highest BCUT2D eigenvalue weighted by Crippen LogP contribution is 2.33. The molecular weight excluding hydrogens is 293 g/mol. The summed E-state index contributed by atoms with van der Waals surface area (Å²) in [7, 11) is 0. The summed E-state index contributed by atoms with van der Waals surface area (Å²) in [6.45, 7) is 2.20. The molecule has 1 saturated carbocycles. The Bertz CT molecular complexity index is 571. The van der Waals surface area contributed by atoms with Gasteiger partial charge in [-0.1, -0.05) is 38.7 Å². The largest absolute Gasteiger partial charge is 0.425 e. The predicted octanol–water partition coefficient (Wildman–Crippen LogP) is 4.99. The van der Waals surface area contributed by atoms with E-state index in [2.05, 4.69) is 6.92 Å². The van der Waals surface area contributed by atoms with Crippen LogP contribution in [-0.2, 0) is 4.79 Å². The molecule has 0 bridgehead atoms. The van der Waals surface area contributed by atoms with Crippen molar-refractivity contribution in [2.24, 2.45) is 11.8 Å². The Kier molecular flexibility index (Phi) is 6.58. The lowest BCUT2D eigenvalue weighted by molar-refractivity contribution is -0.140. The molecule has 4 heteroatoms. The molecule has 23 heavy (non-hydrogen) atoms. The van der Waals surface area contributed by atoms with E-state index in [-0.39, 0.29) is 23.2 Å². The number of nitrogens with zero attached hydrogens (tertiary/aromatic N) is 1. The van der Waals surface area contributed by atoms with Crippen LogP contribution in [0, 0.1) is 29.0 Å². The second kappa shape index (κ2) is 8.67. The Morgan fingerprint density at radius 1 is 1.30 bits per heavy atom. The monoisotopic (exact) mass is 317 g/mol. The maximum Gasteiger partial charge on any atom is 0.314 e. The number of carbonyl (C=O) groups is 1. The number of hydrogen-bond acceptors (Lipinski definition) is 3. The first-order valence-electron chi connectivity index (χ1n) is 8.56. The van der Waals surface area contributed by atoms with Crippen molar-refractivity contribution in [2.75, 3.05) is 0 Å². The summed E-state index contributed by atoms with van der Waals surface area (Å²) in [6, 6.07) is 5.86. The normalized spacial score (nSPS) is 20.7. The first-order chi connectivity index (χ1) is 11.2. The van der Waals surface area contributed by atoms with Crippen molar-refractivity contribution in [3.8, 4) is 11.8 Å². The molecule has 3 nitrogen and oxygen atoms in total. The number of esters is 1. The highest BCUT2D eigenvalue weighted by Gasteiger charge is 2.28. The van der Waals surface area contributed by atoms with E-state index in [1.807, 2.05) is 0 Å². The summed E-state index contributed by atoms with van der Waals surface area (Å²) in [5.74, 6) is -0.374. The lowest BCUT2D eigenvalue weighted by Gasteiger charge is -2.27. The number of unbranched alkanes of at least 4 members (excludes halogenated alkanes) is 2. The number of nitriles is 1. The summed E-state index contributed by atoms with van der Waals surface area (Å²) in [5.41, 5.74) is -0.200. The summed E-state index contributed by atoms with van der Waals surface area (Å²) in [5, 5.41) is 8.98. The average Bonchev–Trinajstić information content (AvgIpc) is 2.56. The molecule has 1 aromatic rings. The minimum atomic E-state index is -0.655. The zero-order valence-electron chi connectivity index (χ0n) is 13.7. The predicted molar refractivity (Wildman–Crippen MR) is 86.3 cm³/mol. The Morgan fingerprint density at radius 3 is 2.70 bits per heavy atom. The number of carbonyl (C=O) groups excluding carboxylic acids is 1. The van der Waals surface area contributed by atoms with Crippen LogP contribution in [0.1, 0.15) is 63.9 Å². The van der Waals surface area contributed by atoms with Gasteiger partial charge in [0.05, 0.1) is 5.92 Å². The third-order valence-electron chi connectivity index (χ3n) is 4.69. The Labute approximate surface area is 137 Å². The minimum Gasteiger partial charge on any atom is -0.425 e. The van der Waals surface area contributed by atoms with Crippen LogP contribution in [0.2, 0.25) is 0 Å². The van der Waals surface area contributed by atoms with Gasteiger partial charge in [-0.2, -0.15) is 5.26 Å². The molecule has 0 N–H and O–H groups in total. The maximum atomic E-state index is 13.5. The molecule has 0 amide bonds. The van der Waals surface area contributed by atoms with Crippen molar-refractivity contribution < 1.29 is 13.9 Å². The highest BCUT2D eigenvalue weighted by molar-refractivity contribution is 5.76. The van der Waals surface area contributed by atoms with Gasteiger partial charge in [-0.05, 0) is 43.7 Å². The fraction of sp³-hybridized carbons (Fsp3) is 0.579. The van der Waals surface area contributed by atoms with Crippen LogP contribution >= 0.6 is 0 Å². The zero-order valence-corrected chi connectivity index (χ0v) is 13.7. The minimum absolute atomic E-state index is 0.0302. The lowest BCUT2D eigenvalue weighted by atomic mass is 9.80. The Morgan fingerprint density at radius 2 is 2.04 bits per heavy atom. The van der Waals surface area contributed by atoms with Crippen LogP contribution in [0.5, 0.6) is 5.75 Å². The third-order valence-corrected chi connectivity index (χ3v) is 4.69. The van der Waals surface area contributed by atoms with E-state index in [1.165, 1.54) is 43.9 Å². The topological polar surface area (TPSA) is 50.1 Å². The number of halogens is 1. The van der Waals surface area contributed by atoms with Crippen LogP contribution in [0.3, 0.4) is 0 Å². The standard InChI is InChI=1S/C19H24FNO2/c1-2-3-4-6-14-9-11-15(12-10-14)19(22)23-18-8-5-7-17(20)16(18)13-21/h5,7-8,14-15H,2-4,6,9-12H2,1H3. The van der Waals surface area contributed by atoms with Gasteiger partial charge in [0.1, 0.15) is 17.4 Å². The molecule has 0 spiro atoms. The molecule has 0 aromatic heterocycles. The van der Waals surface area contributed by atoms with Crippen LogP contribution in [-0.4, -0.2) is 5.97 Å². The van der Waals surface area contributed by atoms with Gasteiger partial charge in [-0.25, -0.2) is 4.39 Å². The Balaban J connectivity index is 1.86. The van der Waals surface area contributed by atoms with E-state index in [9.17, 15) is 9.18 Å². The molecule has 0 aliphatic heterocycles. The molecule has 1 aliphatic carbocycles. The molecule has 124 valence electrons. The van der Waals surface area contributed by atoms with E-state index >= 15 is 0 Å². The van der Waals surface area contributed by atoms with Gasteiger partial charge >= 0.3 is 5.97 Å². The van der Waals surface area contributed by atoms with Crippen molar-refractivity contribution in [3.05, 3.63) is 29.6 Å². The lowest BCUT2D eigenvalue weighted by Crippen LogP contribution is -2.26. The fourth-order valence-corrected chi connectivity index (χ4v) is 3.26. The van der Waals surface area contributed by atoms with E-state index in [0.29, 0.717) is 0 Å². The second-order valence-corrected chi connectivity index (χ2v) is 6.36. The van der Waals surface area contributed by atoms with E-state index in [4.69, 9.17) is 10.00 Å². The quantitative estimate of drug-likeness (QED) is 0.422. The van der Waals surface area contributed by atoms with Crippen molar-refractivity contribution in [2.45, 2.75) is 58.3 Å². The first kappa shape index (κ1) is 17.5. The van der Waals surface area contributed by atoms with Gasteiger partial charge < -0.3 is 4.74 Å². The number of rotatable bonds is 6. The van der Waals surface area contributed by atoms with Crippen LogP contribution < -0.4 is 4.74 Å². The zero-order chi connectivity index (χ0) is 16.7. The van der Waals surface area contributed by atoms with Gasteiger partial charge in [-0.3, -0.25) is 4.79 Å². The number of hydrogen-bond donors (Lipinski definition) is 0. The molecule has 1 aromatic carbocycles. The molecule has 0 saturated heterocycles. The molecule has 2 rings (SSSR count). The van der Waals surface area contributed by atoms with Gasteiger partial charge in [0.25, 0.3) is 0 Å². The van der Waals surface area contributed by atoms with Crippen molar-refractivity contribution in [1.29, 1.82) is 5.26 Å². The van der Waals surface area contributed by atoms with Gasteiger partial charge in [-0.15, -0.1) is 0 Å². The van der Waals surface area contributed by atoms with Gasteiger partial charge in [0.15, 0.2) is 5.75 Å². The number of benzene rings is 1. The van der Waals surface area contributed by atoms with E-state index in [0.717, 1.165) is 31.6 Å². The molecule has 0 radical (unpaired) electrons.